The first kappa shape index (κ1) is 13.8. The van der Waals surface area contributed by atoms with Gasteiger partial charge in [0, 0.05) is 24.8 Å². The van der Waals surface area contributed by atoms with Gasteiger partial charge in [-0.2, -0.15) is 0 Å². The monoisotopic (exact) mass is 290 g/mol. The fraction of sp³-hybridized carbons (Fsp3) is 0.333. The smallest absolute Gasteiger partial charge is 0.273 e. The molecule has 0 radical (unpaired) electrons. The molecule has 2 aromatic rings. The molecule has 0 aliphatic carbocycles. The van der Waals surface area contributed by atoms with Crippen LogP contribution >= 0.6 is 0 Å². The molecule has 2 heterocycles. The summed E-state index contributed by atoms with van der Waals surface area (Å²) in [6, 6.07) is 7.34. The van der Waals surface area contributed by atoms with Crippen molar-refractivity contribution in [2.75, 3.05) is 13.2 Å². The van der Waals surface area contributed by atoms with Gasteiger partial charge in [-0.25, -0.2) is 4.39 Å². The van der Waals surface area contributed by atoms with Crippen LogP contribution in [0.15, 0.2) is 34.9 Å². The van der Waals surface area contributed by atoms with Crippen LogP contribution in [0.2, 0.25) is 0 Å². The van der Waals surface area contributed by atoms with Crippen molar-refractivity contribution < 1.29 is 18.4 Å². The Morgan fingerprint density at radius 1 is 1.38 bits per heavy atom. The van der Waals surface area contributed by atoms with Gasteiger partial charge in [0.25, 0.3) is 5.91 Å². The van der Waals surface area contributed by atoms with Gasteiger partial charge in [-0.3, -0.25) is 4.79 Å². The van der Waals surface area contributed by atoms with Crippen LogP contribution < -0.4 is 5.32 Å². The molecule has 0 bridgehead atoms. The molecule has 1 fully saturated rings. The number of nitrogens with one attached hydrogen (secondary N) is 1. The molecule has 110 valence electrons. The lowest BCUT2D eigenvalue weighted by Gasteiger charge is -2.09. The Balaban J connectivity index is 1.63. The summed E-state index contributed by atoms with van der Waals surface area (Å²) >= 11 is 0. The molecule has 1 aliphatic rings. The summed E-state index contributed by atoms with van der Waals surface area (Å²) in [7, 11) is 0. The van der Waals surface area contributed by atoms with E-state index in [4.69, 9.17) is 9.26 Å². The average Bonchev–Trinajstić information content (AvgIpc) is 3.17. The first-order valence-electron chi connectivity index (χ1n) is 6.85. The molecule has 0 spiro atoms. The Bertz CT molecular complexity index is 618. The second-order valence-corrected chi connectivity index (χ2v) is 4.93. The van der Waals surface area contributed by atoms with Gasteiger partial charge in [-0.1, -0.05) is 5.16 Å². The molecule has 1 aliphatic heterocycles. The van der Waals surface area contributed by atoms with Crippen molar-refractivity contribution in [1.82, 2.24) is 10.5 Å². The summed E-state index contributed by atoms with van der Waals surface area (Å²) in [5.74, 6) is -0.201. The summed E-state index contributed by atoms with van der Waals surface area (Å²) in [5, 5.41) is 6.51. The van der Waals surface area contributed by atoms with E-state index in [1.807, 2.05) is 0 Å². The number of hydrogen-bond acceptors (Lipinski definition) is 4. The third kappa shape index (κ3) is 3.28. The standard InChI is InChI=1S/C15H15FN2O3/c16-11-5-3-10(4-6-11)14-8-13(18-21-14)15(19)17-9-12-2-1-7-20-12/h3-6,8,12H,1-2,7,9H2,(H,17,19). The quantitative estimate of drug-likeness (QED) is 0.939. The lowest BCUT2D eigenvalue weighted by atomic mass is 10.1. The molecular formula is C15H15FN2O3. The topological polar surface area (TPSA) is 64.4 Å². The number of benzene rings is 1. The molecule has 1 aromatic heterocycles. The Morgan fingerprint density at radius 3 is 2.90 bits per heavy atom. The number of carbonyl (C=O) groups is 1. The van der Waals surface area contributed by atoms with Crippen LogP contribution in [0.3, 0.4) is 0 Å². The number of halogens is 1. The third-order valence-electron chi connectivity index (χ3n) is 3.39. The first-order valence-corrected chi connectivity index (χ1v) is 6.85. The van der Waals surface area contributed by atoms with Crippen molar-refractivity contribution in [3.63, 3.8) is 0 Å². The summed E-state index contributed by atoms with van der Waals surface area (Å²) in [4.78, 5) is 12.0. The van der Waals surface area contributed by atoms with Crippen LogP contribution in [-0.2, 0) is 4.74 Å². The second-order valence-electron chi connectivity index (χ2n) is 4.93. The van der Waals surface area contributed by atoms with Gasteiger partial charge in [-0.15, -0.1) is 0 Å². The number of hydrogen-bond donors (Lipinski definition) is 1. The minimum absolute atomic E-state index is 0.0809. The van der Waals surface area contributed by atoms with E-state index < -0.39 is 0 Å². The zero-order valence-electron chi connectivity index (χ0n) is 11.3. The predicted molar refractivity (Wildman–Crippen MR) is 73.2 cm³/mol. The Morgan fingerprint density at radius 2 is 2.19 bits per heavy atom. The highest BCUT2D eigenvalue weighted by atomic mass is 19.1. The van der Waals surface area contributed by atoms with Crippen molar-refractivity contribution in [3.05, 3.63) is 41.8 Å². The van der Waals surface area contributed by atoms with Crippen molar-refractivity contribution in [2.45, 2.75) is 18.9 Å². The normalized spacial score (nSPS) is 17.9. The van der Waals surface area contributed by atoms with Crippen LogP contribution in [0.1, 0.15) is 23.3 Å². The van der Waals surface area contributed by atoms with E-state index in [0.29, 0.717) is 17.9 Å². The SMILES string of the molecule is O=C(NCC1CCCO1)c1cc(-c2ccc(F)cc2)on1. The lowest BCUT2D eigenvalue weighted by molar-refractivity contribution is 0.0850. The van der Waals surface area contributed by atoms with Gasteiger partial charge >= 0.3 is 0 Å². The van der Waals surface area contributed by atoms with Gasteiger partial charge in [0.15, 0.2) is 11.5 Å². The van der Waals surface area contributed by atoms with Gasteiger partial charge in [-0.05, 0) is 37.1 Å². The van der Waals surface area contributed by atoms with E-state index in [9.17, 15) is 9.18 Å². The Labute approximate surface area is 121 Å². The molecule has 1 amide bonds. The molecule has 1 atom stereocenters. The fourth-order valence-corrected chi connectivity index (χ4v) is 2.23. The molecule has 3 rings (SSSR count). The molecule has 5 nitrogen and oxygen atoms in total. The van der Waals surface area contributed by atoms with E-state index in [2.05, 4.69) is 10.5 Å². The highest BCUT2D eigenvalue weighted by Crippen LogP contribution is 2.20. The summed E-state index contributed by atoms with van der Waals surface area (Å²) in [6.45, 7) is 1.22. The van der Waals surface area contributed by atoms with E-state index in [1.165, 1.54) is 18.2 Å². The van der Waals surface area contributed by atoms with Gasteiger partial charge in [0.05, 0.1) is 6.10 Å². The summed E-state index contributed by atoms with van der Waals surface area (Å²) in [5.41, 5.74) is 0.870. The second kappa shape index (κ2) is 6.05. The average molecular weight is 290 g/mol. The number of amides is 1. The van der Waals surface area contributed by atoms with Crippen molar-refractivity contribution in [2.24, 2.45) is 0 Å². The Kier molecular flexibility index (Phi) is 3.96. The molecule has 0 saturated carbocycles. The van der Waals surface area contributed by atoms with Crippen molar-refractivity contribution in [3.8, 4) is 11.3 Å². The number of ether oxygens (including phenoxy) is 1. The van der Waals surface area contributed by atoms with Crippen LogP contribution in [0.5, 0.6) is 0 Å². The van der Waals surface area contributed by atoms with E-state index >= 15 is 0 Å². The van der Waals surface area contributed by atoms with Gasteiger partial charge < -0.3 is 14.6 Å². The highest BCUT2D eigenvalue weighted by molar-refractivity contribution is 5.93. The van der Waals surface area contributed by atoms with Crippen LogP contribution in [-0.4, -0.2) is 30.3 Å². The van der Waals surface area contributed by atoms with Crippen LogP contribution in [0.25, 0.3) is 11.3 Å². The highest BCUT2D eigenvalue weighted by Gasteiger charge is 2.18. The fourth-order valence-electron chi connectivity index (χ4n) is 2.23. The zero-order chi connectivity index (χ0) is 14.7. The van der Waals surface area contributed by atoms with Crippen molar-refractivity contribution >= 4 is 5.91 Å². The molecule has 1 unspecified atom stereocenters. The summed E-state index contributed by atoms with van der Waals surface area (Å²) < 4.78 is 23.4. The molecule has 1 aromatic carbocycles. The van der Waals surface area contributed by atoms with Crippen molar-refractivity contribution in [1.29, 1.82) is 0 Å². The molecular weight excluding hydrogens is 275 g/mol. The number of nitrogens with zero attached hydrogens (tertiary/aromatic N) is 1. The maximum atomic E-state index is 12.9. The predicted octanol–water partition coefficient (Wildman–Crippen LogP) is 2.39. The third-order valence-corrected chi connectivity index (χ3v) is 3.39. The van der Waals surface area contributed by atoms with E-state index in [-0.39, 0.29) is 23.5 Å². The van der Waals surface area contributed by atoms with Gasteiger partial charge in [0.1, 0.15) is 5.82 Å². The molecule has 6 heteroatoms. The lowest BCUT2D eigenvalue weighted by Crippen LogP contribution is -2.31. The molecule has 1 saturated heterocycles. The maximum Gasteiger partial charge on any atom is 0.273 e. The minimum atomic E-state index is -0.326. The van der Waals surface area contributed by atoms with E-state index in [0.717, 1.165) is 19.4 Å². The largest absolute Gasteiger partial charge is 0.376 e. The summed E-state index contributed by atoms with van der Waals surface area (Å²) in [6.07, 6.45) is 2.07. The van der Waals surface area contributed by atoms with Gasteiger partial charge in [0.2, 0.25) is 0 Å². The number of rotatable bonds is 4. The Hall–Kier alpha value is -2.21. The molecule has 1 N–H and O–H groups in total. The number of aromatic nitrogens is 1. The number of carbonyl (C=O) groups excluding carboxylic acids is 1. The maximum absolute atomic E-state index is 12.9. The van der Waals surface area contributed by atoms with Crippen LogP contribution in [0, 0.1) is 5.82 Å². The van der Waals surface area contributed by atoms with E-state index in [1.54, 1.807) is 12.1 Å². The first-order chi connectivity index (χ1) is 10.2. The minimum Gasteiger partial charge on any atom is -0.376 e. The van der Waals surface area contributed by atoms with Crippen LogP contribution in [0.4, 0.5) is 4.39 Å². The zero-order valence-corrected chi connectivity index (χ0v) is 11.3. The molecule has 21 heavy (non-hydrogen) atoms.